The maximum absolute atomic E-state index is 4.75. The van der Waals surface area contributed by atoms with Crippen LogP contribution in [0.2, 0.25) is 0 Å². The third-order valence-electron chi connectivity index (χ3n) is 4.04. The first-order chi connectivity index (χ1) is 11.1. The molecule has 114 valence electrons. The Kier molecular flexibility index (Phi) is 3.01. The highest BCUT2D eigenvalue weighted by atomic mass is 15.3. The Labute approximate surface area is 134 Å². The van der Waals surface area contributed by atoms with E-state index in [4.69, 9.17) is 4.98 Å². The van der Waals surface area contributed by atoms with Crippen LogP contribution in [0.1, 0.15) is 17.0 Å². The molecule has 0 aliphatic rings. The molecule has 0 spiro atoms. The highest BCUT2D eigenvalue weighted by molar-refractivity contribution is 5.84. The molecule has 2 aromatic carbocycles. The highest BCUT2D eigenvalue weighted by Gasteiger charge is 2.13. The minimum atomic E-state index is 0.720. The zero-order valence-electron chi connectivity index (χ0n) is 13.3. The molecule has 0 radical (unpaired) electrons. The number of benzene rings is 2. The van der Waals surface area contributed by atoms with Crippen LogP contribution in [0.25, 0.3) is 16.7 Å². The summed E-state index contributed by atoms with van der Waals surface area (Å²) < 4.78 is 2.04. The highest BCUT2D eigenvalue weighted by Crippen LogP contribution is 2.26. The van der Waals surface area contributed by atoms with Crippen molar-refractivity contribution in [2.24, 2.45) is 0 Å². The maximum atomic E-state index is 4.75. The van der Waals surface area contributed by atoms with Crippen molar-refractivity contribution in [3.63, 3.8) is 0 Å². The second kappa shape index (κ2) is 5.05. The molecule has 0 amide bonds. The third kappa shape index (κ3) is 2.21. The molecule has 0 saturated carbocycles. The lowest BCUT2D eigenvalue weighted by Gasteiger charge is -2.12. The van der Waals surface area contributed by atoms with Crippen molar-refractivity contribution in [1.29, 1.82) is 0 Å². The molecule has 0 atom stereocenters. The molecule has 0 unspecified atom stereocenters. The molecule has 23 heavy (non-hydrogen) atoms. The first kappa shape index (κ1) is 13.7. The molecule has 2 aromatic heterocycles. The first-order valence-corrected chi connectivity index (χ1v) is 7.58. The minimum Gasteiger partial charge on any atom is -0.337 e. The van der Waals surface area contributed by atoms with Crippen molar-refractivity contribution in [2.75, 3.05) is 5.32 Å². The number of aryl methyl sites for hydroxylation is 3. The summed E-state index contributed by atoms with van der Waals surface area (Å²) in [5.74, 6) is 1.57. The van der Waals surface area contributed by atoms with Gasteiger partial charge in [0.05, 0.1) is 11.0 Å². The summed E-state index contributed by atoms with van der Waals surface area (Å²) in [7, 11) is 0. The Balaban J connectivity index is 1.97. The summed E-state index contributed by atoms with van der Waals surface area (Å²) in [5, 5.41) is 12.0. The number of fused-ring (bicyclic) bond motifs is 3. The zero-order valence-corrected chi connectivity index (χ0v) is 13.3. The van der Waals surface area contributed by atoms with Crippen molar-refractivity contribution in [2.45, 2.75) is 20.8 Å². The number of nitrogens with one attached hydrogen (secondary N) is 1. The Hall–Kier alpha value is -2.95. The fourth-order valence-electron chi connectivity index (χ4n) is 2.80. The van der Waals surface area contributed by atoms with Crippen LogP contribution in [0, 0.1) is 20.8 Å². The van der Waals surface area contributed by atoms with Gasteiger partial charge in [-0.3, -0.25) is 4.40 Å². The monoisotopic (exact) mass is 303 g/mol. The lowest BCUT2D eigenvalue weighted by molar-refractivity contribution is 1.02. The van der Waals surface area contributed by atoms with E-state index in [-0.39, 0.29) is 0 Å². The van der Waals surface area contributed by atoms with Gasteiger partial charge in [-0.2, -0.15) is 0 Å². The fraction of sp³-hybridized carbons (Fsp3) is 0.167. The van der Waals surface area contributed by atoms with E-state index in [0.29, 0.717) is 0 Å². The van der Waals surface area contributed by atoms with Crippen LogP contribution in [0.4, 0.5) is 11.5 Å². The molecule has 4 rings (SSSR count). The number of nitrogens with zero attached hydrogens (tertiary/aromatic N) is 4. The molecule has 4 aromatic rings. The number of para-hydroxylation sites is 2. The van der Waals surface area contributed by atoms with Crippen LogP contribution >= 0.6 is 0 Å². The van der Waals surface area contributed by atoms with E-state index in [0.717, 1.165) is 34.0 Å². The van der Waals surface area contributed by atoms with Crippen molar-refractivity contribution in [3.8, 4) is 0 Å². The average molecular weight is 303 g/mol. The van der Waals surface area contributed by atoms with Crippen LogP contribution in [0.5, 0.6) is 0 Å². The molecular formula is C18H17N5. The van der Waals surface area contributed by atoms with Crippen LogP contribution in [-0.4, -0.2) is 19.6 Å². The van der Waals surface area contributed by atoms with Crippen LogP contribution in [0.3, 0.4) is 0 Å². The second-order valence-corrected chi connectivity index (χ2v) is 5.80. The Bertz CT molecular complexity index is 1030. The van der Waals surface area contributed by atoms with Gasteiger partial charge in [0.2, 0.25) is 5.65 Å². The average Bonchev–Trinajstić information content (AvgIpc) is 2.94. The molecule has 0 aliphatic carbocycles. The van der Waals surface area contributed by atoms with Gasteiger partial charge in [-0.05, 0) is 50.1 Å². The predicted octanol–water partition coefficient (Wildman–Crippen LogP) is 3.95. The van der Waals surface area contributed by atoms with E-state index in [9.17, 15) is 0 Å². The summed E-state index contributed by atoms with van der Waals surface area (Å²) in [4.78, 5) is 4.75. The molecule has 5 nitrogen and oxygen atoms in total. The third-order valence-corrected chi connectivity index (χ3v) is 4.04. The van der Waals surface area contributed by atoms with E-state index in [1.807, 2.05) is 35.6 Å². The molecule has 0 aliphatic heterocycles. The Morgan fingerprint density at radius 3 is 2.65 bits per heavy atom. The fourth-order valence-corrected chi connectivity index (χ4v) is 2.80. The van der Waals surface area contributed by atoms with E-state index < -0.39 is 0 Å². The lowest BCUT2D eigenvalue weighted by atomic mass is 10.1. The van der Waals surface area contributed by atoms with Crippen molar-refractivity contribution in [3.05, 3.63) is 59.4 Å². The number of anilines is 2. The summed E-state index contributed by atoms with van der Waals surface area (Å²) in [6, 6.07) is 14.3. The van der Waals surface area contributed by atoms with Crippen molar-refractivity contribution < 1.29 is 0 Å². The van der Waals surface area contributed by atoms with Gasteiger partial charge in [-0.15, -0.1) is 10.2 Å². The van der Waals surface area contributed by atoms with E-state index in [1.54, 1.807) is 0 Å². The zero-order chi connectivity index (χ0) is 16.0. The number of aromatic nitrogens is 4. The molecular weight excluding hydrogens is 286 g/mol. The van der Waals surface area contributed by atoms with E-state index >= 15 is 0 Å². The lowest BCUT2D eigenvalue weighted by Crippen LogP contribution is -2.02. The van der Waals surface area contributed by atoms with Crippen molar-refractivity contribution >= 4 is 28.2 Å². The van der Waals surface area contributed by atoms with Crippen LogP contribution < -0.4 is 5.32 Å². The summed E-state index contributed by atoms with van der Waals surface area (Å²) in [6.45, 7) is 6.11. The topological polar surface area (TPSA) is 55.1 Å². The molecule has 1 N–H and O–H groups in total. The molecule has 2 heterocycles. The summed E-state index contributed by atoms with van der Waals surface area (Å²) >= 11 is 0. The molecule has 5 heteroatoms. The predicted molar refractivity (Wildman–Crippen MR) is 92.2 cm³/mol. The van der Waals surface area contributed by atoms with Gasteiger partial charge in [0.25, 0.3) is 0 Å². The normalized spacial score (nSPS) is 11.3. The van der Waals surface area contributed by atoms with Crippen LogP contribution in [0.15, 0.2) is 42.5 Å². The SMILES string of the molecule is Cc1ccc(C)c(Nc2nc3ccccc3n3c(C)nnc23)c1. The van der Waals surface area contributed by atoms with Gasteiger partial charge in [-0.25, -0.2) is 4.98 Å². The molecule has 0 fully saturated rings. The number of hydrogen-bond donors (Lipinski definition) is 1. The van der Waals surface area contributed by atoms with Gasteiger partial charge in [0.15, 0.2) is 5.82 Å². The smallest absolute Gasteiger partial charge is 0.204 e. The summed E-state index contributed by atoms with van der Waals surface area (Å²) in [5.41, 5.74) is 6.07. The standard InChI is InChI=1S/C18H17N5/c1-11-8-9-12(2)15(10-11)20-17-18-22-21-13(3)23(18)16-7-5-4-6-14(16)19-17/h4-10H,1-3H3,(H,19,20). The van der Waals surface area contributed by atoms with Gasteiger partial charge < -0.3 is 5.32 Å². The minimum absolute atomic E-state index is 0.720. The summed E-state index contributed by atoms with van der Waals surface area (Å²) in [6.07, 6.45) is 0. The Morgan fingerprint density at radius 2 is 1.78 bits per heavy atom. The van der Waals surface area contributed by atoms with E-state index in [1.165, 1.54) is 11.1 Å². The molecule has 0 saturated heterocycles. The van der Waals surface area contributed by atoms with E-state index in [2.05, 4.69) is 47.6 Å². The van der Waals surface area contributed by atoms with Gasteiger partial charge >= 0.3 is 0 Å². The Morgan fingerprint density at radius 1 is 0.957 bits per heavy atom. The van der Waals surface area contributed by atoms with Crippen LogP contribution in [-0.2, 0) is 0 Å². The molecule has 0 bridgehead atoms. The first-order valence-electron chi connectivity index (χ1n) is 7.58. The van der Waals surface area contributed by atoms with Gasteiger partial charge in [0, 0.05) is 5.69 Å². The maximum Gasteiger partial charge on any atom is 0.204 e. The largest absolute Gasteiger partial charge is 0.337 e. The van der Waals surface area contributed by atoms with Crippen molar-refractivity contribution in [1.82, 2.24) is 19.6 Å². The number of hydrogen-bond acceptors (Lipinski definition) is 4. The quantitative estimate of drug-likeness (QED) is 0.609. The van der Waals surface area contributed by atoms with Gasteiger partial charge in [0.1, 0.15) is 5.82 Å². The number of rotatable bonds is 2. The second-order valence-electron chi connectivity index (χ2n) is 5.80. The van der Waals surface area contributed by atoms with Gasteiger partial charge in [-0.1, -0.05) is 24.3 Å².